The highest BCUT2D eigenvalue weighted by Gasteiger charge is 2.08. The third-order valence-electron chi connectivity index (χ3n) is 3.48. The molecule has 0 aliphatic carbocycles. The summed E-state index contributed by atoms with van der Waals surface area (Å²) < 4.78 is 0. The third kappa shape index (κ3) is 2.97. The molecule has 0 bridgehead atoms. The molecule has 0 saturated carbocycles. The van der Waals surface area contributed by atoms with Crippen molar-refractivity contribution in [3.63, 3.8) is 0 Å². The number of nitrogens with zero attached hydrogens (tertiary/aromatic N) is 2. The van der Waals surface area contributed by atoms with Crippen LogP contribution < -0.4 is 0 Å². The molecular formula is C19H17ClN2. The van der Waals surface area contributed by atoms with Gasteiger partial charge in [0, 0.05) is 25.0 Å². The zero-order chi connectivity index (χ0) is 15.5. The standard InChI is InChI=1S/C19H17ClN2/c1-22(2)12-11-15-13-18(20)21-19-16(9-6-10-17(15)19)14-7-4-3-5-8-14/h3-13H,1-2H3/b12-11+. The number of para-hydroxylation sites is 1. The first-order valence-electron chi connectivity index (χ1n) is 7.14. The van der Waals surface area contributed by atoms with Crippen LogP contribution in [0.3, 0.4) is 0 Å². The maximum absolute atomic E-state index is 6.24. The predicted octanol–water partition coefficient (Wildman–Crippen LogP) is 5.09. The highest BCUT2D eigenvalue weighted by Crippen LogP contribution is 2.31. The van der Waals surface area contributed by atoms with Crippen molar-refractivity contribution in [2.24, 2.45) is 0 Å². The van der Waals surface area contributed by atoms with Gasteiger partial charge < -0.3 is 4.90 Å². The van der Waals surface area contributed by atoms with E-state index in [-0.39, 0.29) is 0 Å². The summed E-state index contributed by atoms with van der Waals surface area (Å²) in [5, 5.41) is 1.61. The second kappa shape index (κ2) is 6.20. The number of hydrogen-bond acceptors (Lipinski definition) is 2. The summed E-state index contributed by atoms with van der Waals surface area (Å²) in [4.78, 5) is 6.56. The van der Waals surface area contributed by atoms with E-state index in [9.17, 15) is 0 Å². The van der Waals surface area contributed by atoms with Crippen molar-refractivity contribution >= 4 is 28.6 Å². The summed E-state index contributed by atoms with van der Waals surface area (Å²) in [6.07, 6.45) is 4.07. The minimum atomic E-state index is 0.509. The summed E-state index contributed by atoms with van der Waals surface area (Å²) in [7, 11) is 3.99. The van der Waals surface area contributed by atoms with Gasteiger partial charge in [0.2, 0.25) is 0 Å². The van der Waals surface area contributed by atoms with Crippen molar-refractivity contribution in [2.45, 2.75) is 0 Å². The molecule has 0 saturated heterocycles. The highest BCUT2D eigenvalue weighted by molar-refractivity contribution is 6.30. The van der Waals surface area contributed by atoms with Crippen molar-refractivity contribution in [1.29, 1.82) is 0 Å². The molecule has 0 aliphatic rings. The van der Waals surface area contributed by atoms with Gasteiger partial charge in [0.25, 0.3) is 0 Å². The molecule has 0 aliphatic heterocycles. The number of hydrogen-bond donors (Lipinski definition) is 0. The predicted molar refractivity (Wildman–Crippen MR) is 94.9 cm³/mol. The van der Waals surface area contributed by atoms with Crippen molar-refractivity contribution < 1.29 is 0 Å². The van der Waals surface area contributed by atoms with Gasteiger partial charge in [-0.25, -0.2) is 4.98 Å². The topological polar surface area (TPSA) is 16.1 Å². The van der Waals surface area contributed by atoms with Crippen LogP contribution in [0.4, 0.5) is 0 Å². The van der Waals surface area contributed by atoms with Crippen LogP contribution in [0.1, 0.15) is 5.56 Å². The number of benzene rings is 2. The molecule has 22 heavy (non-hydrogen) atoms. The number of halogens is 1. The molecule has 3 aromatic rings. The smallest absolute Gasteiger partial charge is 0.130 e. The summed E-state index contributed by atoms with van der Waals surface area (Å²) in [6.45, 7) is 0. The van der Waals surface area contributed by atoms with E-state index in [4.69, 9.17) is 11.6 Å². The largest absolute Gasteiger partial charge is 0.383 e. The number of pyridine rings is 1. The fourth-order valence-corrected chi connectivity index (χ4v) is 2.66. The van der Waals surface area contributed by atoms with Crippen LogP contribution in [0.2, 0.25) is 5.15 Å². The van der Waals surface area contributed by atoms with Gasteiger partial charge >= 0.3 is 0 Å². The van der Waals surface area contributed by atoms with Crippen LogP contribution in [-0.2, 0) is 0 Å². The van der Waals surface area contributed by atoms with E-state index in [1.54, 1.807) is 0 Å². The Hall–Kier alpha value is -2.32. The second-order valence-electron chi connectivity index (χ2n) is 5.38. The van der Waals surface area contributed by atoms with Gasteiger partial charge in [-0.2, -0.15) is 0 Å². The Morgan fingerprint density at radius 3 is 2.50 bits per heavy atom. The van der Waals surface area contributed by atoms with Gasteiger partial charge in [0.1, 0.15) is 5.15 Å². The molecule has 1 heterocycles. The van der Waals surface area contributed by atoms with Crippen LogP contribution >= 0.6 is 11.6 Å². The summed E-state index contributed by atoms with van der Waals surface area (Å²) >= 11 is 6.24. The molecule has 0 N–H and O–H groups in total. The Labute approximate surface area is 135 Å². The fraction of sp³-hybridized carbons (Fsp3) is 0.105. The fourth-order valence-electron chi connectivity index (χ4n) is 2.46. The van der Waals surface area contributed by atoms with Crippen LogP contribution in [-0.4, -0.2) is 24.0 Å². The molecular weight excluding hydrogens is 292 g/mol. The van der Waals surface area contributed by atoms with E-state index < -0.39 is 0 Å². The first-order valence-corrected chi connectivity index (χ1v) is 7.52. The maximum Gasteiger partial charge on any atom is 0.130 e. The first-order chi connectivity index (χ1) is 10.6. The van der Waals surface area contributed by atoms with Crippen LogP contribution in [0.15, 0.2) is 60.8 Å². The second-order valence-corrected chi connectivity index (χ2v) is 5.77. The van der Waals surface area contributed by atoms with Gasteiger partial charge in [-0.15, -0.1) is 0 Å². The monoisotopic (exact) mass is 308 g/mol. The van der Waals surface area contributed by atoms with Gasteiger partial charge in [0.05, 0.1) is 5.52 Å². The lowest BCUT2D eigenvalue weighted by molar-refractivity contribution is 0.567. The Balaban J connectivity index is 2.25. The summed E-state index contributed by atoms with van der Waals surface area (Å²) in [5.74, 6) is 0. The molecule has 0 amide bonds. The lowest BCUT2D eigenvalue weighted by Gasteiger charge is -2.10. The SMILES string of the molecule is CN(C)/C=C/c1cc(Cl)nc2c(-c3ccccc3)cccc12. The molecule has 0 atom stereocenters. The summed E-state index contributed by atoms with van der Waals surface area (Å²) in [6, 6.07) is 18.4. The van der Waals surface area contributed by atoms with Gasteiger partial charge in [-0.3, -0.25) is 0 Å². The van der Waals surface area contributed by atoms with Crippen molar-refractivity contribution in [1.82, 2.24) is 9.88 Å². The lowest BCUT2D eigenvalue weighted by Crippen LogP contribution is -1.99. The highest BCUT2D eigenvalue weighted by atomic mass is 35.5. The molecule has 0 radical (unpaired) electrons. The average molecular weight is 309 g/mol. The Morgan fingerprint density at radius 1 is 1.00 bits per heavy atom. The number of fused-ring (bicyclic) bond motifs is 1. The Morgan fingerprint density at radius 2 is 1.77 bits per heavy atom. The molecule has 110 valence electrons. The average Bonchev–Trinajstić information content (AvgIpc) is 2.52. The first kappa shape index (κ1) is 14.6. The zero-order valence-electron chi connectivity index (χ0n) is 12.6. The van der Waals surface area contributed by atoms with E-state index in [0.29, 0.717) is 5.15 Å². The third-order valence-corrected chi connectivity index (χ3v) is 3.67. The number of rotatable bonds is 3. The normalized spacial score (nSPS) is 11.2. The summed E-state index contributed by atoms with van der Waals surface area (Å²) in [5.41, 5.74) is 4.24. The molecule has 0 spiro atoms. The van der Waals surface area contributed by atoms with E-state index in [0.717, 1.165) is 27.6 Å². The van der Waals surface area contributed by atoms with E-state index >= 15 is 0 Å². The van der Waals surface area contributed by atoms with Crippen molar-refractivity contribution in [3.05, 3.63) is 71.5 Å². The van der Waals surface area contributed by atoms with Crippen molar-refractivity contribution in [3.8, 4) is 11.1 Å². The maximum atomic E-state index is 6.24. The Kier molecular flexibility index (Phi) is 4.12. The van der Waals surface area contributed by atoms with Crippen LogP contribution in [0.5, 0.6) is 0 Å². The molecule has 3 heteroatoms. The molecule has 2 nitrogen and oxygen atoms in total. The van der Waals surface area contributed by atoms with Crippen LogP contribution in [0, 0.1) is 0 Å². The molecule has 1 aromatic heterocycles. The molecule has 0 fully saturated rings. The minimum Gasteiger partial charge on any atom is -0.383 e. The van der Waals surface area contributed by atoms with Gasteiger partial charge in [-0.05, 0) is 29.5 Å². The van der Waals surface area contributed by atoms with E-state index in [2.05, 4.69) is 41.4 Å². The van der Waals surface area contributed by atoms with Crippen LogP contribution in [0.25, 0.3) is 28.1 Å². The number of aromatic nitrogens is 1. The zero-order valence-corrected chi connectivity index (χ0v) is 13.4. The van der Waals surface area contributed by atoms with E-state index in [1.807, 2.05) is 49.5 Å². The lowest BCUT2D eigenvalue weighted by atomic mass is 10.00. The Bertz CT molecular complexity index is 823. The molecule has 0 unspecified atom stereocenters. The quantitative estimate of drug-likeness (QED) is 0.627. The molecule has 3 rings (SSSR count). The van der Waals surface area contributed by atoms with Gasteiger partial charge in [-0.1, -0.05) is 60.1 Å². The van der Waals surface area contributed by atoms with Gasteiger partial charge in [0.15, 0.2) is 0 Å². The van der Waals surface area contributed by atoms with Crippen molar-refractivity contribution in [2.75, 3.05) is 14.1 Å². The van der Waals surface area contributed by atoms with E-state index in [1.165, 1.54) is 0 Å². The molecule has 2 aromatic carbocycles. The minimum absolute atomic E-state index is 0.509.